The monoisotopic (exact) mass is 288 g/mol. The van der Waals surface area contributed by atoms with E-state index >= 15 is 0 Å². The van der Waals surface area contributed by atoms with E-state index in [9.17, 15) is 9.18 Å². The average molecular weight is 289 g/mol. The molecule has 0 spiro atoms. The Morgan fingerprint density at radius 2 is 2.11 bits per heavy atom. The summed E-state index contributed by atoms with van der Waals surface area (Å²) < 4.78 is 18.3. The minimum absolute atomic E-state index is 0.148. The van der Waals surface area contributed by atoms with Gasteiger partial charge < -0.3 is 10.5 Å². The molecule has 2 N–H and O–H groups in total. The van der Waals surface area contributed by atoms with Crippen LogP contribution in [0.2, 0.25) is 5.02 Å². The van der Waals surface area contributed by atoms with E-state index < -0.39 is 18.5 Å². The first-order valence-electron chi connectivity index (χ1n) is 5.83. The topological polar surface area (TPSA) is 55.6 Å². The zero-order valence-corrected chi connectivity index (χ0v) is 12.0. The van der Waals surface area contributed by atoms with E-state index in [1.165, 1.54) is 0 Å². The van der Waals surface area contributed by atoms with Crippen molar-refractivity contribution in [3.8, 4) is 0 Å². The molecule has 1 aromatic carbocycles. The Hall–Kier alpha value is -1.33. The summed E-state index contributed by atoms with van der Waals surface area (Å²) in [5.74, 6) is 0. The fraction of sp³-hybridized carbons (Fsp3) is 0.462. The van der Waals surface area contributed by atoms with Crippen molar-refractivity contribution in [2.24, 2.45) is 5.73 Å². The van der Waals surface area contributed by atoms with E-state index in [4.69, 9.17) is 22.1 Å². The third-order valence-corrected chi connectivity index (χ3v) is 2.52. The maximum Gasteiger partial charge on any atom is 0.416 e. The Labute approximate surface area is 117 Å². The Kier molecular flexibility index (Phi) is 5.14. The lowest BCUT2D eigenvalue weighted by molar-refractivity contribution is 0.0566. The molecule has 0 aliphatic rings. The van der Waals surface area contributed by atoms with Crippen LogP contribution in [-0.4, -0.2) is 18.5 Å². The number of halogens is 2. The van der Waals surface area contributed by atoms with E-state index in [-0.39, 0.29) is 6.54 Å². The number of anilines is 1. The largest absolute Gasteiger partial charge is 0.443 e. The zero-order chi connectivity index (χ0) is 14.6. The molecule has 4 nitrogen and oxygen atoms in total. The van der Waals surface area contributed by atoms with Crippen molar-refractivity contribution in [1.82, 2.24) is 0 Å². The van der Waals surface area contributed by atoms with Crippen LogP contribution in [0.25, 0.3) is 0 Å². The molecule has 1 amide bonds. The standard InChI is InChI=1S/C13H18ClFN2O2/c1-13(2,3)19-12(18)17(8-15)11-5-4-10(14)6-9(11)7-16/h4-6H,7-8,16H2,1-3H3. The number of nitrogens with zero attached hydrogens (tertiary/aromatic N) is 1. The molecule has 0 saturated heterocycles. The number of rotatable bonds is 3. The van der Waals surface area contributed by atoms with Crippen LogP contribution in [0.5, 0.6) is 0 Å². The second-order valence-electron chi connectivity index (χ2n) is 5.01. The summed E-state index contributed by atoms with van der Waals surface area (Å²) >= 11 is 5.85. The number of carbonyl (C=O) groups excluding carboxylic acids is 1. The van der Waals surface area contributed by atoms with Gasteiger partial charge in [-0.1, -0.05) is 11.6 Å². The smallest absolute Gasteiger partial charge is 0.416 e. The van der Waals surface area contributed by atoms with Gasteiger partial charge in [0.25, 0.3) is 0 Å². The molecule has 6 heteroatoms. The first kappa shape index (κ1) is 15.7. The van der Waals surface area contributed by atoms with Crippen LogP contribution in [0, 0.1) is 0 Å². The lowest BCUT2D eigenvalue weighted by Gasteiger charge is -2.26. The predicted octanol–water partition coefficient (Wildman–Crippen LogP) is 3.47. The van der Waals surface area contributed by atoms with Crippen molar-refractivity contribution in [2.75, 3.05) is 11.7 Å². The van der Waals surface area contributed by atoms with Gasteiger partial charge in [0, 0.05) is 11.6 Å². The summed E-state index contributed by atoms with van der Waals surface area (Å²) in [7, 11) is 0. The van der Waals surface area contributed by atoms with E-state index in [0.717, 1.165) is 4.90 Å². The van der Waals surface area contributed by atoms with Crippen molar-refractivity contribution in [3.63, 3.8) is 0 Å². The highest BCUT2D eigenvalue weighted by Gasteiger charge is 2.24. The molecule has 0 fully saturated rings. The molecule has 0 atom stereocenters. The molecular weight excluding hydrogens is 271 g/mol. The summed E-state index contributed by atoms with van der Waals surface area (Å²) in [4.78, 5) is 12.8. The maximum atomic E-state index is 13.1. The van der Waals surface area contributed by atoms with Crippen molar-refractivity contribution < 1.29 is 13.9 Å². The number of nitrogens with two attached hydrogens (primary N) is 1. The highest BCUT2D eigenvalue weighted by Crippen LogP contribution is 2.25. The minimum Gasteiger partial charge on any atom is -0.443 e. The Bertz CT molecular complexity index is 460. The van der Waals surface area contributed by atoms with E-state index in [0.29, 0.717) is 16.3 Å². The van der Waals surface area contributed by atoms with Gasteiger partial charge in [-0.15, -0.1) is 0 Å². The van der Waals surface area contributed by atoms with Gasteiger partial charge in [0.15, 0.2) is 6.80 Å². The molecule has 0 bridgehead atoms. The number of hydrogen-bond donors (Lipinski definition) is 1. The first-order valence-corrected chi connectivity index (χ1v) is 6.21. The molecule has 19 heavy (non-hydrogen) atoms. The van der Waals surface area contributed by atoms with Crippen molar-refractivity contribution in [1.29, 1.82) is 0 Å². The zero-order valence-electron chi connectivity index (χ0n) is 11.2. The fourth-order valence-corrected chi connectivity index (χ4v) is 1.70. The second kappa shape index (κ2) is 6.21. The molecule has 1 aromatic rings. The van der Waals surface area contributed by atoms with Gasteiger partial charge in [-0.05, 0) is 44.5 Å². The van der Waals surface area contributed by atoms with Crippen molar-refractivity contribution in [3.05, 3.63) is 28.8 Å². The fourth-order valence-electron chi connectivity index (χ4n) is 1.51. The normalized spacial score (nSPS) is 11.3. The van der Waals surface area contributed by atoms with Crippen LogP contribution < -0.4 is 10.6 Å². The van der Waals surface area contributed by atoms with Gasteiger partial charge in [-0.2, -0.15) is 0 Å². The van der Waals surface area contributed by atoms with Gasteiger partial charge in [-0.3, -0.25) is 0 Å². The van der Waals surface area contributed by atoms with Gasteiger partial charge in [0.1, 0.15) is 5.60 Å². The summed E-state index contributed by atoms with van der Waals surface area (Å²) in [5.41, 5.74) is 5.83. The van der Waals surface area contributed by atoms with Gasteiger partial charge >= 0.3 is 6.09 Å². The molecule has 106 valence electrons. The molecule has 0 aliphatic heterocycles. The van der Waals surface area contributed by atoms with E-state index in [1.807, 2.05) is 0 Å². The quantitative estimate of drug-likeness (QED) is 0.867. The van der Waals surface area contributed by atoms with Crippen molar-refractivity contribution in [2.45, 2.75) is 32.9 Å². The van der Waals surface area contributed by atoms with Gasteiger partial charge in [0.2, 0.25) is 0 Å². The van der Waals surface area contributed by atoms with E-state index in [1.54, 1.807) is 39.0 Å². The molecule has 0 unspecified atom stereocenters. The van der Waals surface area contributed by atoms with Crippen LogP contribution in [0.4, 0.5) is 14.9 Å². The average Bonchev–Trinajstić information content (AvgIpc) is 2.29. The summed E-state index contributed by atoms with van der Waals surface area (Å²) in [5, 5.41) is 0.479. The molecule has 0 heterocycles. The summed E-state index contributed by atoms with van der Waals surface area (Å²) in [6.07, 6.45) is -0.757. The Morgan fingerprint density at radius 1 is 1.47 bits per heavy atom. The number of alkyl halides is 1. The van der Waals surface area contributed by atoms with Crippen LogP contribution in [-0.2, 0) is 11.3 Å². The lowest BCUT2D eigenvalue weighted by atomic mass is 10.1. The van der Waals surface area contributed by atoms with Crippen LogP contribution in [0.1, 0.15) is 26.3 Å². The number of carbonyl (C=O) groups is 1. The predicted molar refractivity (Wildman–Crippen MR) is 74.0 cm³/mol. The number of amides is 1. The minimum atomic E-state index is -0.996. The van der Waals surface area contributed by atoms with Crippen molar-refractivity contribution >= 4 is 23.4 Å². The SMILES string of the molecule is CC(C)(C)OC(=O)N(CF)c1ccc(Cl)cc1CN. The van der Waals surface area contributed by atoms with Crippen LogP contribution in [0.15, 0.2) is 18.2 Å². The number of ether oxygens (including phenoxy) is 1. The lowest BCUT2D eigenvalue weighted by Crippen LogP contribution is -2.37. The Morgan fingerprint density at radius 3 is 2.58 bits per heavy atom. The molecule has 0 aromatic heterocycles. The number of hydrogen-bond acceptors (Lipinski definition) is 3. The molecular formula is C13H18ClFN2O2. The molecule has 0 aliphatic carbocycles. The number of benzene rings is 1. The summed E-state index contributed by atoms with van der Waals surface area (Å²) in [6, 6.07) is 4.72. The third-order valence-electron chi connectivity index (χ3n) is 2.29. The van der Waals surface area contributed by atoms with Crippen LogP contribution in [0.3, 0.4) is 0 Å². The molecule has 0 saturated carbocycles. The second-order valence-corrected chi connectivity index (χ2v) is 5.44. The first-order chi connectivity index (χ1) is 8.78. The molecule has 1 rings (SSSR count). The third kappa shape index (κ3) is 4.36. The van der Waals surface area contributed by atoms with Crippen LogP contribution >= 0.6 is 11.6 Å². The Balaban J connectivity index is 3.06. The maximum absolute atomic E-state index is 13.1. The molecule has 0 radical (unpaired) electrons. The summed E-state index contributed by atoms with van der Waals surface area (Å²) in [6.45, 7) is 4.30. The van der Waals surface area contributed by atoms with Gasteiger partial charge in [-0.25, -0.2) is 14.1 Å². The highest BCUT2D eigenvalue weighted by atomic mass is 35.5. The highest BCUT2D eigenvalue weighted by molar-refractivity contribution is 6.30. The van der Waals surface area contributed by atoms with Gasteiger partial charge in [0.05, 0.1) is 5.69 Å². The van der Waals surface area contributed by atoms with E-state index in [2.05, 4.69) is 0 Å².